The van der Waals surface area contributed by atoms with Crippen molar-refractivity contribution < 1.29 is 24.5 Å². The number of hydrogen-bond donors (Lipinski definition) is 3. The summed E-state index contributed by atoms with van der Waals surface area (Å²) in [5, 5.41) is 19.9. The third-order valence-electron chi connectivity index (χ3n) is 2.90. The fraction of sp³-hybridized carbons (Fsp3) is 0.818. The van der Waals surface area contributed by atoms with Crippen molar-refractivity contribution in [1.29, 1.82) is 0 Å². The molecule has 1 rings (SSSR count). The highest BCUT2D eigenvalue weighted by Gasteiger charge is 2.25. The molecule has 7 nitrogen and oxygen atoms in total. The summed E-state index contributed by atoms with van der Waals surface area (Å²) in [6.45, 7) is 2.80. The Kier molecular flexibility index (Phi) is 5.87. The zero-order valence-electron chi connectivity index (χ0n) is 10.5. The molecule has 0 aromatic carbocycles. The topological polar surface area (TPSA) is 99.1 Å². The molecule has 0 radical (unpaired) electrons. The highest BCUT2D eigenvalue weighted by molar-refractivity contribution is 5.82. The zero-order chi connectivity index (χ0) is 13.5. The van der Waals surface area contributed by atoms with Crippen molar-refractivity contribution >= 4 is 12.0 Å². The van der Waals surface area contributed by atoms with Gasteiger partial charge in [0.1, 0.15) is 0 Å². The maximum absolute atomic E-state index is 11.8. The third-order valence-corrected chi connectivity index (χ3v) is 2.90. The Bertz CT molecular complexity index is 291. The molecular formula is C11H20N2O5. The van der Waals surface area contributed by atoms with Crippen molar-refractivity contribution in [3.05, 3.63) is 0 Å². The number of carboxylic acids is 1. The molecule has 1 aliphatic rings. The molecule has 0 bridgehead atoms. The van der Waals surface area contributed by atoms with Gasteiger partial charge in [0.05, 0.1) is 12.7 Å². The Morgan fingerprint density at radius 2 is 2.28 bits per heavy atom. The highest BCUT2D eigenvalue weighted by Crippen LogP contribution is 2.13. The van der Waals surface area contributed by atoms with Crippen molar-refractivity contribution in [3.8, 4) is 0 Å². The zero-order valence-corrected chi connectivity index (χ0v) is 10.5. The number of carbonyl (C=O) groups is 2. The minimum Gasteiger partial charge on any atom is -0.480 e. The fourth-order valence-electron chi connectivity index (χ4n) is 1.82. The first kappa shape index (κ1) is 14.7. The summed E-state index contributed by atoms with van der Waals surface area (Å²) in [5.41, 5.74) is 0. The molecule has 0 aromatic rings. The number of likely N-dealkylation sites (N-methyl/N-ethyl adjacent to an activating group) is 1. The summed E-state index contributed by atoms with van der Waals surface area (Å²) in [5.74, 6) is -1.25. The van der Waals surface area contributed by atoms with Gasteiger partial charge in [-0.05, 0) is 19.8 Å². The number of carbonyl (C=O) groups excluding carboxylic acids is 1. The lowest BCUT2D eigenvalue weighted by Gasteiger charge is -2.25. The van der Waals surface area contributed by atoms with Crippen LogP contribution in [0.4, 0.5) is 4.79 Å². The van der Waals surface area contributed by atoms with E-state index in [-0.39, 0.29) is 6.10 Å². The van der Waals surface area contributed by atoms with Crippen LogP contribution in [-0.4, -0.2) is 65.6 Å². The van der Waals surface area contributed by atoms with Crippen molar-refractivity contribution in [2.24, 2.45) is 0 Å². The number of aliphatic hydroxyl groups excluding tert-OH is 1. The first-order valence-electron chi connectivity index (χ1n) is 6.09. The van der Waals surface area contributed by atoms with Crippen LogP contribution in [0.5, 0.6) is 0 Å². The van der Waals surface area contributed by atoms with Crippen molar-refractivity contribution in [3.63, 3.8) is 0 Å². The smallest absolute Gasteiger partial charge is 0.328 e. The van der Waals surface area contributed by atoms with Crippen LogP contribution in [0, 0.1) is 0 Å². The lowest BCUT2D eigenvalue weighted by Crippen LogP contribution is -2.51. The number of nitrogens with zero attached hydrogens (tertiary/aromatic N) is 1. The second-order valence-electron chi connectivity index (χ2n) is 4.20. The number of hydrogen-bond acceptors (Lipinski definition) is 4. The van der Waals surface area contributed by atoms with Gasteiger partial charge in [-0.2, -0.15) is 0 Å². The lowest BCUT2D eigenvalue weighted by molar-refractivity contribution is -0.140. The van der Waals surface area contributed by atoms with Gasteiger partial charge < -0.3 is 25.2 Å². The standard InChI is InChI=1S/C11H20N2O5/c1-2-13(6-8-4-3-5-18-8)11(17)12-9(7-14)10(15)16/h8-9,14H,2-7H2,1H3,(H,12,17)(H,15,16)/t8?,9-/m0/s1. The first-order valence-corrected chi connectivity index (χ1v) is 6.09. The highest BCUT2D eigenvalue weighted by atomic mass is 16.5. The van der Waals surface area contributed by atoms with Crippen LogP contribution in [0.2, 0.25) is 0 Å². The van der Waals surface area contributed by atoms with E-state index in [1.54, 1.807) is 0 Å². The average Bonchev–Trinajstić information content (AvgIpc) is 2.85. The number of aliphatic hydroxyl groups is 1. The lowest BCUT2D eigenvalue weighted by atomic mass is 10.2. The summed E-state index contributed by atoms with van der Waals surface area (Å²) in [6, 6.07) is -1.76. The Balaban J connectivity index is 2.47. The van der Waals surface area contributed by atoms with Gasteiger partial charge in [0, 0.05) is 19.7 Å². The molecule has 0 aromatic heterocycles. The Labute approximate surface area is 106 Å². The molecule has 104 valence electrons. The molecule has 1 fully saturated rings. The number of carboxylic acid groups (broad SMARTS) is 1. The molecule has 1 saturated heterocycles. The molecule has 7 heteroatoms. The number of amides is 2. The number of nitrogens with one attached hydrogen (secondary N) is 1. The fourth-order valence-corrected chi connectivity index (χ4v) is 1.82. The van der Waals surface area contributed by atoms with Gasteiger partial charge in [-0.1, -0.05) is 0 Å². The van der Waals surface area contributed by atoms with Gasteiger partial charge in [-0.3, -0.25) is 0 Å². The Morgan fingerprint density at radius 1 is 1.56 bits per heavy atom. The molecule has 2 atom stereocenters. The van der Waals surface area contributed by atoms with Crippen LogP contribution in [0.25, 0.3) is 0 Å². The van der Waals surface area contributed by atoms with E-state index in [9.17, 15) is 9.59 Å². The van der Waals surface area contributed by atoms with Crippen LogP contribution in [0.15, 0.2) is 0 Å². The van der Waals surface area contributed by atoms with E-state index in [4.69, 9.17) is 14.9 Å². The van der Waals surface area contributed by atoms with Crippen LogP contribution in [0.3, 0.4) is 0 Å². The van der Waals surface area contributed by atoms with Crippen LogP contribution >= 0.6 is 0 Å². The van der Waals surface area contributed by atoms with E-state index in [0.29, 0.717) is 19.7 Å². The molecule has 1 aliphatic heterocycles. The van der Waals surface area contributed by atoms with E-state index in [1.165, 1.54) is 4.90 Å². The van der Waals surface area contributed by atoms with Crippen LogP contribution in [-0.2, 0) is 9.53 Å². The molecule has 1 unspecified atom stereocenters. The van der Waals surface area contributed by atoms with Gasteiger partial charge in [-0.25, -0.2) is 9.59 Å². The van der Waals surface area contributed by atoms with Gasteiger partial charge in [-0.15, -0.1) is 0 Å². The number of urea groups is 1. The van der Waals surface area contributed by atoms with Crippen molar-refractivity contribution in [1.82, 2.24) is 10.2 Å². The maximum Gasteiger partial charge on any atom is 0.328 e. The quantitative estimate of drug-likeness (QED) is 0.606. The van der Waals surface area contributed by atoms with Gasteiger partial charge in [0.15, 0.2) is 6.04 Å². The third kappa shape index (κ3) is 4.15. The first-order chi connectivity index (χ1) is 8.58. The molecule has 3 N–H and O–H groups in total. The SMILES string of the molecule is CCN(CC1CCCO1)C(=O)N[C@@H](CO)C(=O)O. The number of rotatable bonds is 6. The van der Waals surface area contributed by atoms with E-state index >= 15 is 0 Å². The molecule has 1 heterocycles. The minimum atomic E-state index is -1.27. The van der Waals surface area contributed by atoms with E-state index in [0.717, 1.165) is 12.8 Å². The van der Waals surface area contributed by atoms with Gasteiger partial charge in [0.2, 0.25) is 0 Å². The minimum absolute atomic E-state index is 0.0214. The van der Waals surface area contributed by atoms with Crippen molar-refractivity contribution in [2.75, 3.05) is 26.3 Å². The van der Waals surface area contributed by atoms with E-state index in [2.05, 4.69) is 5.32 Å². The van der Waals surface area contributed by atoms with Gasteiger partial charge >= 0.3 is 12.0 Å². The number of ether oxygens (including phenoxy) is 1. The maximum atomic E-state index is 11.8. The monoisotopic (exact) mass is 260 g/mol. The number of aliphatic carboxylic acids is 1. The normalized spacial score (nSPS) is 20.4. The summed E-state index contributed by atoms with van der Waals surface area (Å²) in [4.78, 5) is 24.0. The largest absolute Gasteiger partial charge is 0.480 e. The molecule has 0 spiro atoms. The Hall–Kier alpha value is -1.34. The summed E-state index contributed by atoms with van der Waals surface area (Å²) in [7, 11) is 0. The summed E-state index contributed by atoms with van der Waals surface area (Å²) >= 11 is 0. The molecular weight excluding hydrogens is 240 g/mol. The van der Waals surface area contributed by atoms with Crippen molar-refractivity contribution in [2.45, 2.75) is 31.9 Å². The van der Waals surface area contributed by atoms with E-state index in [1.807, 2.05) is 6.92 Å². The summed E-state index contributed by atoms with van der Waals surface area (Å²) in [6.07, 6.45) is 1.91. The van der Waals surface area contributed by atoms with E-state index < -0.39 is 24.6 Å². The summed E-state index contributed by atoms with van der Waals surface area (Å²) < 4.78 is 5.43. The predicted molar refractivity (Wildman–Crippen MR) is 63.3 cm³/mol. The second kappa shape index (κ2) is 7.17. The second-order valence-corrected chi connectivity index (χ2v) is 4.20. The van der Waals surface area contributed by atoms with Gasteiger partial charge in [0.25, 0.3) is 0 Å². The van der Waals surface area contributed by atoms with Crippen LogP contribution in [0.1, 0.15) is 19.8 Å². The predicted octanol–water partition coefficient (Wildman–Crippen LogP) is -0.358. The molecule has 0 saturated carbocycles. The molecule has 18 heavy (non-hydrogen) atoms. The Morgan fingerprint density at radius 3 is 2.72 bits per heavy atom. The average molecular weight is 260 g/mol. The molecule has 2 amide bonds. The molecule has 0 aliphatic carbocycles. The van der Waals surface area contributed by atoms with Crippen LogP contribution < -0.4 is 5.32 Å².